The summed E-state index contributed by atoms with van der Waals surface area (Å²) < 4.78 is 26.8. The highest BCUT2D eigenvalue weighted by molar-refractivity contribution is 7.86. The smallest absolute Gasteiger partial charge is 0.281 e. The normalized spacial score (nSPS) is 18.8. The lowest BCUT2D eigenvalue weighted by Gasteiger charge is -2.34. The van der Waals surface area contributed by atoms with Crippen LogP contribution < -0.4 is 0 Å². The second-order valence-corrected chi connectivity index (χ2v) is 8.14. The molecule has 0 atom stereocenters. The van der Waals surface area contributed by atoms with Gasteiger partial charge in [-0.2, -0.15) is 17.0 Å². The first-order chi connectivity index (χ1) is 9.43. The molecule has 0 aliphatic carbocycles. The monoisotopic (exact) mass is 318 g/mol. The second kappa shape index (κ2) is 6.48. The molecule has 1 aliphatic heterocycles. The van der Waals surface area contributed by atoms with E-state index in [2.05, 4.69) is 22.2 Å². The minimum Gasteiger partial charge on any atom is -0.295 e. The van der Waals surface area contributed by atoms with Gasteiger partial charge in [0.25, 0.3) is 10.2 Å². The summed E-state index contributed by atoms with van der Waals surface area (Å²) in [6.45, 7) is 5.52. The Labute approximate surface area is 125 Å². The lowest BCUT2D eigenvalue weighted by atomic mass is 10.3. The standard InChI is InChI=1S/C12H22N4O2S2/c1-4-12-13-11(10-19-12)9-15-5-7-16(8-6-15)20(17,18)14(2)3/h10H,4-9H2,1-3H3. The Morgan fingerprint density at radius 1 is 1.30 bits per heavy atom. The third-order valence-electron chi connectivity index (χ3n) is 3.41. The molecule has 1 fully saturated rings. The van der Waals surface area contributed by atoms with Crippen LogP contribution in [0.1, 0.15) is 17.6 Å². The van der Waals surface area contributed by atoms with Gasteiger partial charge in [-0.05, 0) is 6.42 Å². The van der Waals surface area contributed by atoms with Crippen LogP contribution in [0.2, 0.25) is 0 Å². The Morgan fingerprint density at radius 2 is 1.95 bits per heavy atom. The molecule has 2 heterocycles. The molecule has 1 aromatic heterocycles. The molecule has 0 aromatic carbocycles. The molecule has 1 aromatic rings. The van der Waals surface area contributed by atoms with Crippen LogP contribution in [0.3, 0.4) is 0 Å². The number of aromatic nitrogens is 1. The third kappa shape index (κ3) is 3.56. The van der Waals surface area contributed by atoms with Crippen LogP contribution in [0, 0.1) is 0 Å². The Morgan fingerprint density at radius 3 is 2.45 bits per heavy atom. The van der Waals surface area contributed by atoms with Crippen molar-refractivity contribution in [2.75, 3.05) is 40.3 Å². The summed E-state index contributed by atoms with van der Waals surface area (Å²) in [5, 5.41) is 3.26. The van der Waals surface area contributed by atoms with Crippen LogP contribution in [-0.4, -0.2) is 67.2 Å². The van der Waals surface area contributed by atoms with Crippen molar-refractivity contribution in [1.29, 1.82) is 0 Å². The summed E-state index contributed by atoms with van der Waals surface area (Å²) >= 11 is 1.70. The second-order valence-electron chi connectivity index (χ2n) is 5.05. The van der Waals surface area contributed by atoms with Crippen LogP contribution in [0.25, 0.3) is 0 Å². The number of thiazole rings is 1. The largest absolute Gasteiger partial charge is 0.295 e. The zero-order valence-electron chi connectivity index (χ0n) is 12.2. The summed E-state index contributed by atoms with van der Waals surface area (Å²) in [5.41, 5.74) is 1.09. The summed E-state index contributed by atoms with van der Waals surface area (Å²) in [7, 11) is -0.124. The van der Waals surface area contributed by atoms with E-state index in [1.807, 2.05) is 0 Å². The zero-order valence-corrected chi connectivity index (χ0v) is 13.9. The minimum absolute atomic E-state index is 0.547. The number of hydrogen-bond donors (Lipinski definition) is 0. The van der Waals surface area contributed by atoms with E-state index >= 15 is 0 Å². The Kier molecular flexibility index (Phi) is 5.14. The maximum atomic E-state index is 12.0. The van der Waals surface area contributed by atoms with Crippen LogP contribution in [0.15, 0.2) is 5.38 Å². The highest BCUT2D eigenvalue weighted by atomic mass is 32.2. The van der Waals surface area contributed by atoms with Crippen molar-refractivity contribution in [2.24, 2.45) is 0 Å². The quantitative estimate of drug-likeness (QED) is 0.799. The number of rotatable bonds is 5. The fourth-order valence-corrected chi connectivity index (χ4v) is 3.98. The fourth-order valence-electron chi connectivity index (χ4n) is 2.16. The first kappa shape index (κ1) is 15.8. The average Bonchev–Trinajstić information content (AvgIpc) is 2.87. The van der Waals surface area contributed by atoms with Crippen LogP contribution >= 0.6 is 11.3 Å². The van der Waals surface area contributed by atoms with Crippen molar-refractivity contribution in [3.63, 3.8) is 0 Å². The summed E-state index contributed by atoms with van der Waals surface area (Å²) in [6, 6.07) is 0. The molecule has 0 spiro atoms. The van der Waals surface area contributed by atoms with Gasteiger partial charge in [-0.15, -0.1) is 11.3 Å². The minimum atomic E-state index is -3.27. The van der Waals surface area contributed by atoms with Crippen molar-refractivity contribution in [2.45, 2.75) is 19.9 Å². The van der Waals surface area contributed by atoms with Gasteiger partial charge in [0.2, 0.25) is 0 Å². The van der Waals surface area contributed by atoms with E-state index in [1.165, 1.54) is 4.31 Å². The molecular weight excluding hydrogens is 296 g/mol. The van der Waals surface area contributed by atoms with E-state index < -0.39 is 10.2 Å². The Bertz CT molecular complexity index is 533. The predicted molar refractivity (Wildman–Crippen MR) is 80.9 cm³/mol. The molecule has 1 aliphatic rings. The van der Waals surface area contributed by atoms with Gasteiger partial charge in [-0.3, -0.25) is 4.90 Å². The average molecular weight is 318 g/mol. The molecular formula is C12H22N4O2S2. The molecule has 0 bridgehead atoms. The molecule has 0 radical (unpaired) electrons. The summed E-state index contributed by atoms with van der Waals surface area (Å²) in [4.78, 5) is 6.82. The zero-order chi connectivity index (χ0) is 14.8. The third-order valence-corrected chi connectivity index (χ3v) is 6.39. The lowest BCUT2D eigenvalue weighted by Crippen LogP contribution is -2.51. The Hall–Kier alpha value is -0.540. The van der Waals surface area contributed by atoms with Gasteiger partial charge in [0.15, 0.2) is 0 Å². The molecule has 8 heteroatoms. The maximum absolute atomic E-state index is 12.0. The first-order valence-electron chi connectivity index (χ1n) is 6.76. The van der Waals surface area contributed by atoms with Crippen molar-refractivity contribution < 1.29 is 8.42 Å². The first-order valence-corrected chi connectivity index (χ1v) is 9.04. The van der Waals surface area contributed by atoms with E-state index in [4.69, 9.17) is 0 Å². The summed E-state index contributed by atoms with van der Waals surface area (Å²) in [6.07, 6.45) is 0.972. The van der Waals surface area contributed by atoms with Gasteiger partial charge in [0.1, 0.15) is 0 Å². The van der Waals surface area contributed by atoms with Gasteiger partial charge in [0.05, 0.1) is 10.7 Å². The number of piperazine rings is 1. The van der Waals surface area contributed by atoms with E-state index in [-0.39, 0.29) is 0 Å². The van der Waals surface area contributed by atoms with Crippen molar-refractivity contribution in [1.82, 2.24) is 18.5 Å². The van der Waals surface area contributed by atoms with Crippen LogP contribution in [0.4, 0.5) is 0 Å². The number of nitrogens with zero attached hydrogens (tertiary/aromatic N) is 4. The number of hydrogen-bond acceptors (Lipinski definition) is 5. The van der Waals surface area contributed by atoms with Gasteiger partial charge in [-0.25, -0.2) is 4.98 Å². The molecule has 2 rings (SSSR count). The van der Waals surface area contributed by atoms with E-state index in [9.17, 15) is 8.42 Å². The van der Waals surface area contributed by atoms with Crippen molar-refractivity contribution in [3.8, 4) is 0 Å². The molecule has 0 saturated carbocycles. The van der Waals surface area contributed by atoms with Crippen molar-refractivity contribution in [3.05, 3.63) is 16.1 Å². The molecule has 114 valence electrons. The predicted octanol–water partition coefficient (Wildman–Crippen LogP) is 0.630. The van der Waals surface area contributed by atoms with Gasteiger partial charge >= 0.3 is 0 Å². The van der Waals surface area contributed by atoms with Crippen molar-refractivity contribution >= 4 is 21.5 Å². The molecule has 0 N–H and O–H groups in total. The van der Waals surface area contributed by atoms with Gasteiger partial charge in [0, 0.05) is 52.2 Å². The highest BCUT2D eigenvalue weighted by Gasteiger charge is 2.28. The van der Waals surface area contributed by atoms with E-state index in [0.717, 1.165) is 36.8 Å². The Balaban J connectivity index is 1.88. The molecule has 6 nitrogen and oxygen atoms in total. The number of aryl methyl sites for hydroxylation is 1. The van der Waals surface area contributed by atoms with Gasteiger partial charge in [-0.1, -0.05) is 6.92 Å². The van der Waals surface area contributed by atoms with Crippen LogP contribution in [0.5, 0.6) is 0 Å². The maximum Gasteiger partial charge on any atom is 0.281 e. The van der Waals surface area contributed by atoms with E-state index in [0.29, 0.717) is 13.1 Å². The molecule has 0 amide bonds. The molecule has 20 heavy (non-hydrogen) atoms. The van der Waals surface area contributed by atoms with E-state index in [1.54, 1.807) is 29.7 Å². The fraction of sp³-hybridized carbons (Fsp3) is 0.750. The SMILES string of the molecule is CCc1nc(CN2CCN(S(=O)(=O)N(C)C)CC2)cs1. The van der Waals surface area contributed by atoms with Gasteiger partial charge < -0.3 is 0 Å². The molecule has 1 saturated heterocycles. The lowest BCUT2D eigenvalue weighted by molar-refractivity contribution is 0.176. The summed E-state index contributed by atoms with van der Waals surface area (Å²) in [5.74, 6) is 0. The topological polar surface area (TPSA) is 56.8 Å². The van der Waals surface area contributed by atoms with Crippen LogP contribution in [-0.2, 0) is 23.2 Å². The highest BCUT2D eigenvalue weighted by Crippen LogP contribution is 2.15. The molecule has 0 unspecified atom stereocenters.